The molecule has 1 aromatic rings. The summed E-state index contributed by atoms with van der Waals surface area (Å²) in [6.07, 6.45) is 0.621. The molecule has 0 bridgehead atoms. The van der Waals surface area contributed by atoms with Gasteiger partial charge in [-0.3, -0.25) is 0 Å². The van der Waals surface area contributed by atoms with Crippen molar-refractivity contribution in [3.8, 4) is 5.75 Å². The SMILES string of the molecule is C=C(Cl)COc1cc(F)cc(CCN)c1. The lowest BCUT2D eigenvalue weighted by molar-refractivity contribution is 0.357. The Labute approximate surface area is 93.5 Å². The molecule has 0 aliphatic rings. The second-order valence-electron chi connectivity index (χ2n) is 3.14. The van der Waals surface area contributed by atoms with Crippen molar-refractivity contribution in [2.24, 2.45) is 5.73 Å². The van der Waals surface area contributed by atoms with Gasteiger partial charge in [0.2, 0.25) is 0 Å². The highest BCUT2D eigenvalue weighted by molar-refractivity contribution is 6.29. The van der Waals surface area contributed by atoms with Gasteiger partial charge in [0.05, 0.1) is 0 Å². The van der Waals surface area contributed by atoms with E-state index >= 15 is 0 Å². The Kier molecular flexibility index (Phi) is 4.59. The van der Waals surface area contributed by atoms with Crippen LogP contribution in [0.1, 0.15) is 5.56 Å². The van der Waals surface area contributed by atoms with Crippen molar-refractivity contribution in [1.82, 2.24) is 0 Å². The van der Waals surface area contributed by atoms with Gasteiger partial charge in [0, 0.05) is 11.1 Å². The van der Waals surface area contributed by atoms with Crippen LogP contribution in [0.3, 0.4) is 0 Å². The van der Waals surface area contributed by atoms with E-state index in [1.807, 2.05) is 0 Å². The molecule has 0 saturated heterocycles. The summed E-state index contributed by atoms with van der Waals surface area (Å²) in [5.41, 5.74) is 6.20. The first kappa shape index (κ1) is 12.0. The fourth-order valence-electron chi connectivity index (χ4n) is 1.18. The van der Waals surface area contributed by atoms with Crippen LogP contribution in [0, 0.1) is 5.82 Å². The molecule has 0 amide bonds. The van der Waals surface area contributed by atoms with E-state index in [1.54, 1.807) is 6.07 Å². The van der Waals surface area contributed by atoms with Crippen LogP contribution in [0.15, 0.2) is 29.8 Å². The monoisotopic (exact) mass is 229 g/mol. The summed E-state index contributed by atoms with van der Waals surface area (Å²) in [5.74, 6) is 0.108. The molecule has 0 aliphatic carbocycles. The highest BCUT2D eigenvalue weighted by atomic mass is 35.5. The number of hydrogen-bond acceptors (Lipinski definition) is 2. The van der Waals surface area contributed by atoms with Gasteiger partial charge in [0.1, 0.15) is 18.2 Å². The van der Waals surface area contributed by atoms with Crippen molar-refractivity contribution in [2.45, 2.75) is 6.42 Å². The van der Waals surface area contributed by atoms with Crippen LogP contribution in [-0.4, -0.2) is 13.2 Å². The van der Waals surface area contributed by atoms with Crippen molar-refractivity contribution >= 4 is 11.6 Å². The predicted molar refractivity (Wildman–Crippen MR) is 59.6 cm³/mol. The predicted octanol–water partition coefficient (Wildman–Crippen LogP) is 2.46. The summed E-state index contributed by atoms with van der Waals surface area (Å²) in [7, 11) is 0. The lowest BCUT2D eigenvalue weighted by Gasteiger charge is -2.07. The zero-order valence-electron chi connectivity index (χ0n) is 8.30. The molecule has 2 N–H and O–H groups in total. The van der Waals surface area contributed by atoms with Gasteiger partial charge in [-0.05, 0) is 30.7 Å². The lowest BCUT2D eigenvalue weighted by Crippen LogP contribution is -2.04. The Bertz CT molecular complexity index is 354. The maximum absolute atomic E-state index is 13.1. The van der Waals surface area contributed by atoms with Crippen LogP contribution in [0.25, 0.3) is 0 Å². The number of halogens is 2. The minimum Gasteiger partial charge on any atom is -0.488 e. The van der Waals surface area contributed by atoms with Gasteiger partial charge >= 0.3 is 0 Å². The van der Waals surface area contributed by atoms with E-state index in [2.05, 4.69) is 6.58 Å². The third kappa shape index (κ3) is 4.32. The van der Waals surface area contributed by atoms with Crippen LogP contribution >= 0.6 is 11.6 Å². The molecule has 2 nitrogen and oxygen atoms in total. The average molecular weight is 230 g/mol. The van der Waals surface area contributed by atoms with Gasteiger partial charge in [-0.1, -0.05) is 18.2 Å². The summed E-state index contributed by atoms with van der Waals surface area (Å²) in [6.45, 7) is 4.13. The Hall–Kier alpha value is -1.06. The maximum atomic E-state index is 13.1. The van der Waals surface area contributed by atoms with Gasteiger partial charge < -0.3 is 10.5 Å². The quantitative estimate of drug-likeness (QED) is 0.842. The van der Waals surface area contributed by atoms with Gasteiger partial charge in [0.25, 0.3) is 0 Å². The summed E-state index contributed by atoms with van der Waals surface area (Å²) < 4.78 is 18.3. The summed E-state index contributed by atoms with van der Waals surface area (Å²) in [5, 5.41) is 0.375. The molecule has 0 heterocycles. The van der Waals surface area contributed by atoms with Crippen LogP contribution in [-0.2, 0) is 6.42 Å². The van der Waals surface area contributed by atoms with Crippen LogP contribution < -0.4 is 10.5 Å². The van der Waals surface area contributed by atoms with Crippen molar-refractivity contribution in [3.63, 3.8) is 0 Å². The van der Waals surface area contributed by atoms with Crippen molar-refractivity contribution in [1.29, 1.82) is 0 Å². The molecule has 0 aromatic heterocycles. The number of hydrogen-bond donors (Lipinski definition) is 1. The third-order valence-corrected chi connectivity index (χ3v) is 1.87. The molecule has 0 radical (unpaired) electrons. The number of benzene rings is 1. The first-order valence-corrected chi connectivity index (χ1v) is 4.95. The van der Waals surface area contributed by atoms with Crippen LogP contribution in [0.2, 0.25) is 0 Å². The van der Waals surface area contributed by atoms with Crippen molar-refractivity contribution < 1.29 is 9.13 Å². The second kappa shape index (κ2) is 5.73. The smallest absolute Gasteiger partial charge is 0.127 e. The van der Waals surface area contributed by atoms with E-state index in [9.17, 15) is 4.39 Å². The fourth-order valence-corrected chi connectivity index (χ4v) is 1.23. The molecule has 0 fully saturated rings. The molecule has 0 unspecified atom stereocenters. The summed E-state index contributed by atoms with van der Waals surface area (Å²) in [6, 6.07) is 4.49. The van der Waals surface area contributed by atoms with E-state index in [0.29, 0.717) is 23.7 Å². The van der Waals surface area contributed by atoms with Crippen LogP contribution in [0.5, 0.6) is 5.75 Å². The van der Waals surface area contributed by atoms with Gasteiger partial charge in [-0.15, -0.1) is 0 Å². The van der Waals surface area contributed by atoms with Gasteiger partial charge in [0.15, 0.2) is 0 Å². The molecule has 82 valence electrons. The molecule has 0 saturated carbocycles. The molecule has 1 rings (SSSR count). The van der Waals surface area contributed by atoms with Crippen molar-refractivity contribution in [3.05, 3.63) is 41.2 Å². The molecule has 4 heteroatoms. The van der Waals surface area contributed by atoms with E-state index in [0.717, 1.165) is 5.56 Å². The summed E-state index contributed by atoms with van der Waals surface area (Å²) in [4.78, 5) is 0. The normalized spacial score (nSPS) is 10.1. The second-order valence-corrected chi connectivity index (χ2v) is 3.67. The lowest BCUT2D eigenvalue weighted by atomic mass is 10.1. The Morgan fingerprint density at radius 2 is 2.20 bits per heavy atom. The minimum atomic E-state index is -0.337. The van der Waals surface area contributed by atoms with E-state index in [4.69, 9.17) is 22.1 Å². The third-order valence-electron chi connectivity index (χ3n) is 1.76. The largest absolute Gasteiger partial charge is 0.488 e. The minimum absolute atomic E-state index is 0.174. The molecule has 1 aromatic carbocycles. The molecule has 0 spiro atoms. The molecule has 0 aliphatic heterocycles. The highest BCUT2D eigenvalue weighted by Crippen LogP contribution is 2.17. The average Bonchev–Trinajstić information content (AvgIpc) is 2.14. The van der Waals surface area contributed by atoms with Crippen LogP contribution in [0.4, 0.5) is 4.39 Å². The number of rotatable bonds is 5. The number of ether oxygens (including phenoxy) is 1. The number of nitrogens with two attached hydrogens (primary N) is 1. The maximum Gasteiger partial charge on any atom is 0.127 e. The first-order chi connectivity index (χ1) is 7.11. The standard InChI is InChI=1S/C11H13ClFNO/c1-8(12)7-15-11-5-9(2-3-14)4-10(13)6-11/h4-6H,1-3,7,14H2. The zero-order chi connectivity index (χ0) is 11.3. The zero-order valence-corrected chi connectivity index (χ0v) is 9.06. The molecular formula is C11H13ClFNO. The summed E-state index contributed by atoms with van der Waals surface area (Å²) >= 11 is 5.54. The topological polar surface area (TPSA) is 35.2 Å². The molecule has 15 heavy (non-hydrogen) atoms. The van der Waals surface area contributed by atoms with E-state index < -0.39 is 0 Å². The van der Waals surface area contributed by atoms with Gasteiger partial charge in [-0.2, -0.15) is 0 Å². The van der Waals surface area contributed by atoms with E-state index in [1.165, 1.54) is 12.1 Å². The Morgan fingerprint density at radius 3 is 2.80 bits per heavy atom. The molecular weight excluding hydrogens is 217 g/mol. The Balaban J connectivity index is 2.74. The fraction of sp³-hybridized carbons (Fsp3) is 0.273. The van der Waals surface area contributed by atoms with Gasteiger partial charge in [-0.25, -0.2) is 4.39 Å². The van der Waals surface area contributed by atoms with E-state index in [-0.39, 0.29) is 12.4 Å². The highest BCUT2D eigenvalue weighted by Gasteiger charge is 2.01. The Morgan fingerprint density at radius 1 is 1.47 bits per heavy atom. The first-order valence-electron chi connectivity index (χ1n) is 4.57. The molecule has 0 atom stereocenters. The van der Waals surface area contributed by atoms with Crippen molar-refractivity contribution in [2.75, 3.05) is 13.2 Å².